The van der Waals surface area contributed by atoms with E-state index in [1.807, 2.05) is 0 Å². The van der Waals surface area contributed by atoms with Crippen LogP contribution in [0.15, 0.2) is 0 Å². The summed E-state index contributed by atoms with van der Waals surface area (Å²) in [6, 6.07) is 0.620. The summed E-state index contributed by atoms with van der Waals surface area (Å²) in [5, 5.41) is 12.8. The molecule has 0 aromatic carbocycles. The first-order valence-corrected chi connectivity index (χ1v) is 7.72. The molecule has 3 nitrogen and oxygen atoms in total. The van der Waals surface area contributed by atoms with Crippen LogP contribution < -0.4 is 5.32 Å². The van der Waals surface area contributed by atoms with Crippen molar-refractivity contribution in [2.75, 3.05) is 32.8 Å². The number of piperidine rings is 1. The first-order chi connectivity index (χ1) is 8.65. The number of hydrogen-bond acceptors (Lipinski definition) is 3. The molecular formula is C15H32N2O. The third-order valence-electron chi connectivity index (χ3n) is 3.81. The van der Waals surface area contributed by atoms with Crippen molar-refractivity contribution in [2.45, 2.75) is 52.5 Å². The highest BCUT2D eigenvalue weighted by molar-refractivity contribution is 4.83. The lowest BCUT2D eigenvalue weighted by Gasteiger charge is -2.38. The molecule has 3 heteroatoms. The molecule has 1 fully saturated rings. The van der Waals surface area contributed by atoms with Gasteiger partial charge in [-0.15, -0.1) is 0 Å². The number of nitrogens with one attached hydrogen (secondary N) is 1. The highest BCUT2D eigenvalue weighted by Crippen LogP contribution is 2.22. The van der Waals surface area contributed by atoms with E-state index < -0.39 is 0 Å². The Kier molecular flexibility index (Phi) is 7.87. The highest BCUT2D eigenvalue weighted by Gasteiger charge is 2.26. The molecule has 0 radical (unpaired) electrons. The van der Waals surface area contributed by atoms with Crippen molar-refractivity contribution in [2.24, 2.45) is 11.8 Å². The van der Waals surface area contributed by atoms with Gasteiger partial charge in [0.05, 0.1) is 6.61 Å². The molecule has 0 bridgehead atoms. The Bertz CT molecular complexity index is 209. The van der Waals surface area contributed by atoms with Gasteiger partial charge in [0.1, 0.15) is 0 Å². The molecule has 0 saturated carbocycles. The Balaban J connectivity index is 2.40. The maximum atomic E-state index is 9.12. The normalized spacial score (nSPS) is 25.8. The maximum Gasteiger partial charge on any atom is 0.0558 e. The van der Waals surface area contributed by atoms with Crippen LogP contribution >= 0.6 is 0 Å². The number of rotatable bonds is 8. The minimum Gasteiger partial charge on any atom is -0.395 e. The largest absolute Gasteiger partial charge is 0.395 e. The van der Waals surface area contributed by atoms with E-state index in [0.29, 0.717) is 12.0 Å². The van der Waals surface area contributed by atoms with Crippen molar-refractivity contribution in [3.63, 3.8) is 0 Å². The van der Waals surface area contributed by atoms with Gasteiger partial charge in [-0.05, 0) is 31.2 Å². The molecule has 108 valence electrons. The quantitative estimate of drug-likeness (QED) is 0.698. The predicted octanol–water partition coefficient (Wildman–Crippen LogP) is 2.11. The van der Waals surface area contributed by atoms with E-state index in [2.05, 4.69) is 31.0 Å². The third-order valence-corrected chi connectivity index (χ3v) is 3.81. The van der Waals surface area contributed by atoms with Gasteiger partial charge in [0.25, 0.3) is 0 Å². The lowest BCUT2D eigenvalue weighted by molar-refractivity contribution is 0.110. The van der Waals surface area contributed by atoms with E-state index in [0.717, 1.165) is 25.6 Å². The van der Waals surface area contributed by atoms with E-state index in [1.165, 1.54) is 32.2 Å². The van der Waals surface area contributed by atoms with Crippen molar-refractivity contribution in [3.05, 3.63) is 0 Å². The van der Waals surface area contributed by atoms with Crippen molar-refractivity contribution in [1.29, 1.82) is 0 Å². The molecule has 0 amide bonds. The van der Waals surface area contributed by atoms with Gasteiger partial charge in [-0.1, -0.05) is 33.6 Å². The van der Waals surface area contributed by atoms with E-state index in [-0.39, 0.29) is 6.61 Å². The molecule has 1 heterocycles. The van der Waals surface area contributed by atoms with E-state index >= 15 is 0 Å². The average molecular weight is 256 g/mol. The predicted molar refractivity (Wildman–Crippen MR) is 77.8 cm³/mol. The third kappa shape index (κ3) is 6.17. The van der Waals surface area contributed by atoms with Crippen molar-refractivity contribution < 1.29 is 5.11 Å². The zero-order valence-corrected chi connectivity index (χ0v) is 12.5. The molecule has 1 rings (SSSR count). The molecule has 18 heavy (non-hydrogen) atoms. The van der Waals surface area contributed by atoms with Gasteiger partial charge < -0.3 is 10.4 Å². The van der Waals surface area contributed by atoms with E-state index in [1.54, 1.807) is 0 Å². The van der Waals surface area contributed by atoms with Crippen LogP contribution in [0.2, 0.25) is 0 Å². The monoisotopic (exact) mass is 256 g/mol. The standard InChI is InChI=1S/C15H32N2O/c1-4-5-6-14-9-15(16-10-13(2)3)12-17(11-14)7-8-18/h13-16,18H,4-12H2,1-3H3. The molecule has 0 spiro atoms. The van der Waals surface area contributed by atoms with Crippen LogP contribution in [0.25, 0.3) is 0 Å². The summed E-state index contributed by atoms with van der Waals surface area (Å²) in [6.45, 7) is 11.3. The average Bonchev–Trinajstić information content (AvgIpc) is 2.34. The molecule has 1 saturated heterocycles. The Labute approximate surface area is 113 Å². The molecule has 0 aromatic rings. The lowest BCUT2D eigenvalue weighted by Crippen LogP contribution is -2.50. The number of hydrogen-bond donors (Lipinski definition) is 2. The van der Waals surface area contributed by atoms with Gasteiger partial charge in [0, 0.05) is 25.7 Å². The van der Waals surface area contributed by atoms with Crippen LogP contribution in [0, 0.1) is 11.8 Å². The number of aliphatic hydroxyl groups is 1. The van der Waals surface area contributed by atoms with Crippen molar-refractivity contribution in [3.8, 4) is 0 Å². The van der Waals surface area contributed by atoms with Crippen LogP contribution in [0.1, 0.15) is 46.5 Å². The summed E-state index contributed by atoms with van der Waals surface area (Å²) in [6.07, 6.45) is 5.29. The molecule has 1 aliphatic heterocycles. The summed E-state index contributed by atoms with van der Waals surface area (Å²) >= 11 is 0. The summed E-state index contributed by atoms with van der Waals surface area (Å²) in [7, 11) is 0. The summed E-state index contributed by atoms with van der Waals surface area (Å²) in [5.41, 5.74) is 0. The Hall–Kier alpha value is -0.120. The summed E-state index contributed by atoms with van der Waals surface area (Å²) in [5.74, 6) is 1.53. The van der Waals surface area contributed by atoms with Crippen LogP contribution in [-0.2, 0) is 0 Å². The fourth-order valence-electron chi connectivity index (χ4n) is 2.88. The van der Waals surface area contributed by atoms with Gasteiger partial charge in [0.15, 0.2) is 0 Å². The first kappa shape index (κ1) is 15.9. The molecule has 2 unspecified atom stereocenters. The van der Waals surface area contributed by atoms with Crippen molar-refractivity contribution in [1.82, 2.24) is 10.2 Å². The second-order valence-electron chi connectivity index (χ2n) is 6.23. The van der Waals surface area contributed by atoms with Gasteiger partial charge >= 0.3 is 0 Å². The number of nitrogens with zero attached hydrogens (tertiary/aromatic N) is 1. The second-order valence-corrected chi connectivity index (χ2v) is 6.23. The van der Waals surface area contributed by atoms with Crippen LogP contribution in [0.3, 0.4) is 0 Å². The van der Waals surface area contributed by atoms with Gasteiger partial charge in [-0.2, -0.15) is 0 Å². The summed E-state index contributed by atoms with van der Waals surface area (Å²) in [4.78, 5) is 2.43. The Morgan fingerprint density at radius 3 is 2.72 bits per heavy atom. The topological polar surface area (TPSA) is 35.5 Å². The van der Waals surface area contributed by atoms with E-state index in [4.69, 9.17) is 5.11 Å². The molecule has 2 atom stereocenters. The number of unbranched alkanes of at least 4 members (excludes halogenated alkanes) is 1. The van der Waals surface area contributed by atoms with Gasteiger partial charge in [0.2, 0.25) is 0 Å². The lowest BCUT2D eigenvalue weighted by atomic mass is 9.89. The van der Waals surface area contributed by atoms with Crippen LogP contribution in [0.4, 0.5) is 0 Å². The molecule has 0 aliphatic carbocycles. The second kappa shape index (κ2) is 8.89. The fraction of sp³-hybridized carbons (Fsp3) is 1.00. The molecule has 1 aliphatic rings. The van der Waals surface area contributed by atoms with Crippen LogP contribution in [-0.4, -0.2) is 48.8 Å². The number of likely N-dealkylation sites (tertiary alicyclic amines) is 1. The SMILES string of the molecule is CCCCC1CC(NCC(C)C)CN(CCO)C1. The first-order valence-electron chi connectivity index (χ1n) is 7.72. The van der Waals surface area contributed by atoms with Gasteiger partial charge in [-0.25, -0.2) is 0 Å². The molecule has 2 N–H and O–H groups in total. The van der Waals surface area contributed by atoms with Crippen LogP contribution in [0.5, 0.6) is 0 Å². The van der Waals surface area contributed by atoms with E-state index in [9.17, 15) is 0 Å². The minimum absolute atomic E-state index is 0.289. The zero-order valence-electron chi connectivity index (χ0n) is 12.5. The maximum absolute atomic E-state index is 9.12. The Morgan fingerprint density at radius 1 is 1.33 bits per heavy atom. The smallest absolute Gasteiger partial charge is 0.0558 e. The zero-order chi connectivity index (χ0) is 13.4. The molecular weight excluding hydrogens is 224 g/mol. The number of aliphatic hydroxyl groups excluding tert-OH is 1. The minimum atomic E-state index is 0.289. The Morgan fingerprint density at radius 2 is 2.11 bits per heavy atom. The molecule has 0 aromatic heterocycles. The fourth-order valence-corrected chi connectivity index (χ4v) is 2.88. The summed E-state index contributed by atoms with van der Waals surface area (Å²) < 4.78 is 0. The van der Waals surface area contributed by atoms with Crippen molar-refractivity contribution >= 4 is 0 Å². The highest BCUT2D eigenvalue weighted by atomic mass is 16.3. The van der Waals surface area contributed by atoms with Gasteiger partial charge in [-0.3, -0.25) is 4.90 Å². The number of β-amino-alcohol motifs (C(OH)–C–C–N with tert-alkyl or cyclic N) is 1.